The molecule has 3 atom stereocenters. The highest BCUT2D eigenvalue weighted by atomic mass is 16.7. The Balaban J connectivity index is 1.06. The lowest BCUT2D eigenvalue weighted by atomic mass is 9.65. The van der Waals surface area contributed by atoms with Gasteiger partial charge in [0.25, 0.3) is 5.91 Å². The van der Waals surface area contributed by atoms with Crippen LogP contribution in [0.1, 0.15) is 51.4 Å². The number of carbonyl (C=O) groups is 1. The topological polar surface area (TPSA) is 94.9 Å². The Bertz CT molecular complexity index is 721. The Morgan fingerprint density at radius 1 is 1.19 bits per heavy atom. The van der Waals surface area contributed by atoms with Crippen molar-refractivity contribution in [2.75, 3.05) is 33.2 Å². The second-order valence-electron chi connectivity index (χ2n) is 10.8. The first-order chi connectivity index (χ1) is 15.0. The number of nitrogens with zero attached hydrogens (tertiary/aromatic N) is 2. The second kappa shape index (κ2) is 8.78. The summed E-state index contributed by atoms with van der Waals surface area (Å²) in [5, 5.41) is 5.39. The van der Waals surface area contributed by atoms with E-state index >= 15 is 0 Å². The van der Waals surface area contributed by atoms with E-state index in [1.807, 2.05) is 4.90 Å². The van der Waals surface area contributed by atoms with Crippen LogP contribution in [0, 0.1) is 35.3 Å². The maximum atomic E-state index is 13.1. The SMILES string of the molecule is CN1CC(C2CCC(C3CC(C(=O)N4CCC5(CC(NC#CN)C5)C4)ON3)CC2)CN1. The summed E-state index contributed by atoms with van der Waals surface area (Å²) in [5.74, 6) is 2.44. The zero-order chi connectivity index (χ0) is 21.4. The fourth-order valence-electron chi connectivity index (χ4n) is 6.92. The molecule has 3 heterocycles. The minimum atomic E-state index is -0.317. The third kappa shape index (κ3) is 4.38. The van der Waals surface area contributed by atoms with Crippen molar-refractivity contribution in [2.45, 2.75) is 69.6 Å². The molecule has 5 fully saturated rings. The number of hydrogen-bond acceptors (Lipinski definition) is 7. The van der Waals surface area contributed by atoms with E-state index in [1.54, 1.807) is 0 Å². The van der Waals surface area contributed by atoms with Crippen LogP contribution in [0.4, 0.5) is 0 Å². The summed E-state index contributed by atoms with van der Waals surface area (Å²) in [4.78, 5) is 21.0. The molecule has 3 aliphatic heterocycles. The lowest BCUT2D eigenvalue weighted by molar-refractivity contribution is -0.143. The van der Waals surface area contributed by atoms with Crippen LogP contribution in [0.3, 0.4) is 0 Å². The molecule has 0 aromatic rings. The first-order valence-electron chi connectivity index (χ1n) is 12.2. The molecule has 172 valence electrons. The molecule has 0 radical (unpaired) electrons. The summed E-state index contributed by atoms with van der Waals surface area (Å²) in [5.41, 5.74) is 12.2. The van der Waals surface area contributed by atoms with Gasteiger partial charge in [0.05, 0.1) is 0 Å². The number of hydrazine groups is 1. The molecule has 5 aliphatic rings. The average molecular weight is 431 g/mol. The lowest BCUT2D eigenvalue weighted by Crippen LogP contribution is -2.50. The predicted molar refractivity (Wildman–Crippen MR) is 118 cm³/mol. The Kier molecular flexibility index (Phi) is 6.04. The van der Waals surface area contributed by atoms with E-state index in [1.165, 1.54) is 32.2 Å². The zero-order valence-electron chi connectivity index (χ0n) is 18.7. The first kappa shape index (κ1) is 21.3. The van der Waals surface area contributed by atoms with Crippen molar-refractivity contribution in [2.24, 2.45) is 28.9 Å². The third-order valence-electron chi connectivity index (χ3n) is 8.75. The molecule has 8 nitrogen and oxygen atoms in total. The van der Waals surface area contributed by atoms with Gasteiger partial charge in [-0.25, -0.2) is 5.01 Å². The van der Waals surface area contributed by atoms with Crippen LogP contribution >= 0.6 is 0 Å². The largest absolute Gasteiger partial charge is 0.358 e. The van der Waals surface area contributed by atoms with Crippen molar-refractivity contribution in [3.63, 3.8) is 0 Å². The van der Waals surface area contributed by atoms with E-state index in [9.17, 15) is 4.79 Å². The minimum Gasteiger partial charge on any atom is -0.358 e. The van der Waals surface area contributed by atoms with Crippen molar-refractivity contribution in [1.82, 2.24) is 26.1 Å². The summed E-state index contributed by atoms with van der Waals surface area (Å²) in [6.45, 7) is 4.01. The monoisotopic (exact) mass is 430 g/mol. The molecule has 2 saturated carbocycles. The van der Waals surface area contributed by atoms with Gasteiger partial charge in [-0.1, -0.05) is 0 Å². The van der Waals surface area contributed by atoms with Crippen molar-refractivity contribution in [1.29, 1.82) is 0 Å². The number of hydrogen-bond donors (Lipinski definition) is 4. The third-order valence-corrected chi connectivity index (χ3v) is 8.75. The molecule has 2 aliphatic carbocycles. The molecule has 1 spiro atoms. The minimum absolute atomic E-state index is 0.179. The van der Waals surface area contributed by atoms with Gasteiger partial charge in [-0.15, -0.1) is 0 Å². The highest BCUT2D eigenvalue weighted by Gasteiger charge is 2.50. The van der Waals surface area contributed by atoms with E-state index < -0.39 is 0 Å². The molecule has 0 aromatic carbocycles. The number of rotatable bonds is 4. The van der Waals surface area contributed by atoms with Gasteiger partial charge in [-0.3, -0.25) is 15.1 Å². The van der Waals surface area contributed by atoms with E-state index in [4.69, 9.17) is 10.6 Å². The summed E-state index contributed by atoms with van der Waals surface area (Å²) in [6.07, 6.45) is 8.86. The van der Waals surface area contributed by atoms with Crippen LogP contribution in [-0.2, 0) is 9.63 Å². The number of amides is 1. The Hall–Kier alpha value is -1.53. The predicted octanol–water partition coefficient (Wildman–Crippen LogP) is 0.369. The van der Waals surface area contributed by atoms with Crippen LogP contribution in [0.25, 0.3) is 0 Å². The van der Waals surface area contributed by atoms with Crippen LogP contribution in [0.15, 0.2) is 0 Å². The van der Waals surface area contributed by atoms with Gasteiger partial charge < -0.3 is 16.0 Å². The van der Waals surface area contributed by atoms with Gasteiger partial charge in [-0.2, -0.15) is 5.48 Å². The van der Waals surface area contributed by atoms with E-state index in [0.29, 0.717) is 18.0 Å². The Labute approximate surface area is 185 Å². The Morgan fingerprint density at radius 2 is 1.97 bits per heavy atom. The summed E-state index contributed by atoms with van der Waals surface area (Å²) in [6, 6.07) is 5.90. The molecule has 3 unspecified atom stereocenters. The zero-order valence-corrected chi connectivity index (χ0v) is 18.7. The molecule has 5 N–H and O–H groups in total. The van der Waals surface area contributed by atoms with Gasteiger partial charge in [0, 0.05) is 63.8 Å². The molecule has 0 bridgehead atoms. The van der Waals surface area contributed by atoms with E-state index in [2.05, 4.69) is 40.4 Å². The van der Waals surface area contributed by atoms with Crippen molar-refractivity contribution >= 4 is 5.91 Å². The van der Waals surface area contributed by atoms with Crippen LogP contribution in [0.2, 0.25) is 0 Å². The van der Waals surface area contributed by atoms with Gasteiger partial charge in [0.15, 0.2) is 6.10 Å². The van der Waals surface area contributed by atoms with E-state index in [-0.39, 0.29) is 17.4 Å². The summed E-state index contributed by atoms with van der Waals surface area (Å²) >= 11 is 0. The lowest BCUT2D eigenvalue weighted by Gasteiger charge is -2.44. The number of carbonyl (C=O) groups excluding carboxylic acids is 1. The number of nitrogens with one attached hydrogen (secondary N) is 3. The standard InChI is InChI=1S/C23H38N6O2/c1-28-14-18(13-26-28)16-2-4-17(5-3-16)20-10-21(31-27-20)22(30)29-9-6-23(15-29)11-19(12-23)25-8-7-24/h16-21,25-27H,2-6,9-15,24H2,1H3. The quantitative estimate of drug-likeness (QED) is 0.378. The molecule has 31 heavy (non-hydrogen) atoms. The normalized spacial score (nSPS) is 42.9. The van der Waals surface area contributed by atoms with Gasteiger partial charge >= 0.3 is 0 Å². The number of likely N-dealkylation sites (tertiary alicyclic amines) is 1. The Morgan fingerprint density at radius 3 is 2.68 bits per heavy atom. The maximum absolute atomic E-state index is 13.1. The first-order valence-corrected chi connectivity index (χ1v) is 12.2. The van der Waals surface area contributed by atoms with Crippen molar-refractivity contribution in [3.8, 4) is 12.1 Å². The van der Waals surface area contributed by atoms with Crippen molar-refractivity contribution in [3.05, 3.63) is 0 Å². The molecular weight excluding hydrogens is 392 g/mol. The van der Waals surface area contributed by atoms with Gasteiger partial charge in [-0.05, 0) is 68.1 Å². The van der Waals surface area contributed by atoms with Crippen LogP contribution in [-0.4, -0.2) is 67.2 Å². The fourth-order valence-corrected chi connectivity index (χ4v) is 6.92. The number of nitrogens with two attached hydrogens (primary N) is 1. The molecule has 8 heteroatoms. The fraction of sp³-hybridized carbons (Fsp3) is 0.870. The van der Waals surface area contributed by atoms with Crippen LogP contribution in [0.5, 0.6) is 0 Å². The second-order valence-corrected chi connectivity index (χ2v) is 10.8. The molecule has 1 amide bonds. The molecule has 0 aromatic heterocycles. The molecule has 5 rings (SSSR count). The van der Waals surface area contributed by atoms with Crippen molar-refractivity contribution < 1.29 is 9.63 Å². The highest BCUT2D eigenvalue weighted by molar-refractivity contribution is 5.81. The van der Waals surface area contributed by atoms with Gasteiger partial charge in [0.2, 0.25) is 0 Å². The summed E-state index contributed by atoms with van der Waals surface area (Å²) in [7, 11) is 2.14. The average Bonchev–Trinajstić information content (AvgIpc) is 3.50. The van der Waals surface area contributed by atoms with E-state index in [0.717, 1.165) is 57.2 Å². The highest BCUT2D eigenvalue weighted by Crippen LogP contribution is 2.48. The number of hydroxylamine groups is 1. The van der Waals surface area contributed by atoms with Crippen LogP contribution < -0.4 is 22.0 Å². The smallest absolute Gasteiger partial charge is 0.253 e. The summed E-state index contributed by atoms with van der Waals surface area (Å²) < 4.78 is 0. The van der Waals surface area contributed by atoms with Gasteiger partial charge in [0.1, 0.15) is 0 Å². The molecular formula is C23H38N6O2. The maximum Gasteiger partial charge on any atom is 0.253 e. The molecule has 3 saturated heterocycles.